The van der Waals surface area contributed by atoms with E-state index in [2.05, 4.69) is 24.8 Å². The molecule has 3 aromatic heterocycles. The van der Waals surface area contributed by atoms with Crippen molar-refractivity contribution in [2.75, 3.05) is 24.6 Å². The highest BCUT2D eigenvalue weighted by Gasteiger charge is 2.22. The topological polar surface area (TPSA) is 107 Å². The van der Waals surface area contributed by atoms with Gasteiger partial charge in [0.05, 0.1) is 12.0 Å². The van der Waals surface area contributed by atoms with Gasteiger partial charge in [0.1, 0.15) is 23.6 Å². The number of amides is 1. The minimum atomic E-state index is -0.555. The van der Waals surface area contributed by atoms with Crippen LogP contribution in [0.2, 0.25) is 0 Å². The Kier molecular flexibility index (Phi) is 4.78. The van der Waals surface area contributed by atoms with Crippen LogP contribution in [-0.2, 0) is 0 Å². The molecule has 0 atom stereocenters. The van der Waals surface area contributed by atoms with Gasteiger partial charge in [-0.2, -0.15) is 0 Å². The molecule has 0 spiro atoms. The van der Waals surface area contributed by atoms with E-state index in [1.807, 2.05) is 12.1 Å². The van der Waals surface area contributed by atoms with Crippen molar-refractivity contribution in [3.05, 3.63) is 48.7 Å². The van der Waals surface area contributed by atoms with Crippen LogP contribution >= 0.6 is 0 Å². The summed E-state index contributed by atoms with van der Waals surface area (Å²) < 4.78 is 5.85. The number of anilines is 1. The number of nitrogens with zero attached hydrogens (tertiary/aromatic N) is 5. The molecule has 1 saturated heterocycles. The van der Waals surface area contributed by atoms with Gasteiger partial charge in [-0.05, 0) is 37.0 Å². The van der Waals surface area contributed by atoms with Crippen LogP contribution in [0, 0.1) is 5.92 Å². The second-order valence-corrected chi connectivity index (χ2v) is 6.55. The molecule has 1 fully saturated rings. The van der Waals surface area contributed by atoms with Crippen molar-refractivity contribution in [3.8, 4) is 5.75 Å². The standard InChI is InChI=1S/C19H20N6O2/c20-17(26)16-10-14(3-7-21-16)27-11-13-4-8-25(9-5-13)19-15-2-1-6-22-18(15)23-12-24-19/h1-3,6-7,10,12-13H,4-5,8-9,11H2,(H2,20,26). The number of hydrogen-bond acceptors (Lipinski definition) is 7. The third-order valence-electron chi connectivity index (χ3n) is 4.77. The predicted octanol–water partition coefficient (Wildman–Crippen LogP) is 1.81. The number of carbonyl (C=O) groups is 1. The number of ether oxygens (including phenoxy) is 1. The second-order valence-electron chi connectivity index (χ2n) is 6.55. The molecule has 3 aromatic rings. The normalized spacial score (nSPS) is 15.0. The first kappa shape index (κ1) is 17.1. The van der Waals surface area contributed by atoms with Crippen molar-refractivity contribution in [1.29, 1.82) is 0 Å². The number of fused-ring (bicyclic) bond motifs is 1. The molecule has 0 radical (unpaired) electrons. The van der Waals surface area contributed by atoms with Crippen LogP contribution in [0.15, 0.2) is 43.0 Å². The van der Waals surface area contributed by atoms with Gasteiger partial charge in [0.15, 0.2) is 5.65 Å². The van der Waals surface area contributed by atoms with Crippen molar-refractivity contribution >= 4 is 22.8 Å². The van der Waals surface area contributed by atoms with E-state index in [0.717, 1.165) is 42.8 Å². The molecule has 1 amide bonds. The van der Waals surface area contributed by atoms with Gasteiger partial charge >= 0.3 is 0 Å². The van der Waals surface area contributed by atoms with Gasteiger partial charge in [-0.15, -0.1) is 0 Å². The Bertz CT molecular complexity index is 950. The maximum Gasteiger partial charge on any atom is 0.267 e. The number of aromatic nitrogens is 4. The van der Waals surface area contributed by atoms with Gasteiger partial charge in [-0.25, -0.2) is 15.0 Å². The minimum Gasteiger partial charge on any atom is -0.493 e. The lowest BCUT2D eigenvalue weighted by Gasteiger charge is -2.33. The summed E-state index contributed by atoms with van der Waals surface area (Å²) in [5, 5.41) is 0.977. The van der Waals surface area contributed by atoms with Crippen LogP contribution < -0.4 is 15.4 Å². The van der Waals surface area contributed by atoms with Crippen molar-refractivity contribution in [3.63, 3.8) is 0 Å². The summed E-state index contributed by atoms with van der Waals surface area (Å²) in [6, 6.07) is 7.23. The van der Waals surface area contributed by atoms with Crippen LogP contribution in [0.5, 0.6) is 5.75 Å². The number of piperidine rings is 1. The quantitative estimate of drug-likeness (QED) is 0.736. The third-order valence-corrected chi connectivity index (χ3v) is 4.77. The third kappa shape index (κ3) is 3.79. The summed E-state index contributed by atoms with van der Waals surface area (Å²) in [7, 11) is 0. The summed E-state index contributed by atoms with van der Waals surface area (Å²) in [4.78, 5) is 30.4. The smallest absolute Gasteiger partial charge is 0.267 e. The van der Waals surface area contributed by atoms with E-state index in [1.54, 1.807) is 24.7 Å². The van der Waals surface area contributed by atoms with Crippen molar-refractivity contribution in [2.45, 2.75) is 12.8 Å². The van der Waals surface area contributed by atoms with E-state index in [4.69, 9.17) is 10.5 Å². The van der Waals surface area contributed by atoms with Gasteiger partial charge in [-0.3, -0.25) is 9.78 Å². The van der Waals surface area contributed by atoms with E-state index < -0.39 is 5.91 Å². The molecule has 27 heavy (non-hydrogen) atoms. The summed E-state index contributed by atoms with van der Waals surface area (Å²) in [5.41, 5.74) is 6.19. The Labute approximate surface area is 156 Å². The maximum atomic E-state index is 11.2. The van der Waals surface area contributed by atoms with Gasteiger partial charge in [0.2, 0.25) is 0 Å². The van der Waals surface area contributed by atoms with E-state index in [-0.39, 0.29) is 5.69 Å². The monoisotopic (exact) mass is 364 g/mol. The van der Waals surface area contributed by atoms with Crippen LogP contribution in [-0.4, -0.2) is 45.5 Å². The lowest BCUT2D eigenvalue weighted by molar-refractivity contribution is 0.0995. The molecule has 2 N–H and O–H groups in total. The first-order valence-corrected chi connectivity index (χ1v) is 8.90. The molecule has 0 aliphatic carbocycles. The first-order chi connectivity index (χ1) is 13.2. The zero-order chi connectivity index (χ0) is 18.6. The van der Waals surface area contributed by atoms with Crippen LogP contribution in [0.3, 0.4) is 0 Å². The number of primary amides is 1. The van der Waals surface area contributed by atoms with Crippen molar-refractivity contribution in [1.82, 2.24) is 19.9 Å². The molecule has 4 heterocycles. The molecule has 0 aromatic carbocycles. The summed E-state index contributed by atoms with van der Waals surface area (Å²) in [6.45, 7) is 2.40. The zero-order valence-corrected chi connectivity index (χ0v) is 14.8. The van der Waals surface area contributed by atoms with E-state index >= 15 is 0 Å². The highest BCUT2D eigenvalue weighted by atomic mass is 16.5. The number of nitrogens with two attached hydrogens (primary N) is 1. The SMILES string of the molecule is NC(=O)c1cc(OCC2CCN(c3ncnc4ncccc34)CC2)ccn1. The zero-order valence-electron chi connectivity index (χ0n) is 14.8. The van der Waals surface area contributed by atoms with Gasteiger partial charge in [0.25, 0.3) is 5.91 Å². The molecule has 1 aliphatic rings. The molecular formula is C19H20N6O2. The molecule has 138 valence electrons. The van der Waals surface area contributed by atoms with Crippen molar-refractivity contribution < 1.29 is 9.53 Å². The number of rotatable bonds is 5. The molecule has 8 heteroatoms. The number of hydrogen-bond donors (Lipinski definition) is 1. The Morgan fingerprint density at radius 3 is 2.81 bits per heavy atom. The van der Waals surface area contributed by atoms with Gasteiger partial charge < -0.3 is 15.4 Å². The average molecular weight is 364 g/mol. The summed E-state index contributed by atoms with van der Waals surface area (Å²) >= 11 is 0. The average Bonchev–Trinajstić information content (AvgIpc) is 2.72. The molecule has 0 unspecified atom stereocenters. The van der Waals surface area contributed by atoms with E-state index in [1.165, 1.54) is 6.20 Å². The fourth-order valence-corrected chi connectivity index (χ4v) is 3.30. The predicted molar refractivity (Wildman–Crippen MR) is 101 cm³/mol. The Balaban J connectivity index is 1.36. The number of pyridine rings is 2. The van der Waals surface area contributed by atoms with Gasteiger partial charge in [0, 0.05) is 31.5 Å². The molecule has 0 saturated carbocycles. The lowest BCUT2D eigenvalue weighted by atomic mass is 9.97. The highest BCUT2D eigenvalue weighted by Crippen LogP contribution is 2.27. The second kappa shape index (κ2) is 7.53. The molecule has 1 aliphatic heterocycles. The molecule has 8 nitrogen and oxygen atoms in total. The fourth-order valence-electron chi connectivity index (χ4n) is 3.30. The minimum absolute atomic E-state index is 0.214. The lowest BCUT2D eigenvalue weighted by Crippen LogP contribution is -2.36. The van der Waals surface area contributed by atoms with E-state index in [0.29, 0.717) is 18.3 Å². The summed E-state index contributed by atoms with van der Waals surface area (Å²) in [6.07, 6.45) is 6.84. The Morgan fingerprint density at radius 2 is 2.00 bits per heavy atom. The summed E-state index contributed by atoms with van der Waals surface area (Å²) in [5.74, 6) is 1.44. The highest BCUT2D eigenvalue weighted by molar-refractivity contribution is 5.91. The Morgan fingerprint density at radius 1 is 1.15 bits per heavy atom. The van der Waals surface area contributed by atoms with Crippen molar-refractivity contribution in [2.24, 2.45) is 11.7 Å². The van der Waals surface area contributed by atoms with Crippen LogP contribution in [0.25, 0.3) is 11.0 Å². The van der Waals surface area contributed by atoms with Crippen LogP contribution in [0.4, 0.5) is 5.82 Å². The number of carbonyl (C=O) groups excluding carboxylic acids is 1. The van der Waals surface area contributed by atoms with E-state index in [9.17, 15) is 4.79 Å². The fraction of sp³-hybridized carbons (Fsp3) is 0.316. The molecular weight excluding hydrogens is 344 g/mol. The Hall–Kier alpha value is -3.29. The van der Waals surface area contributed by atoms with Crippen LogP contribution in [0.1, 0.15) is 23.3 Å². The largest absolute Gasteiger partial charge is 0.493 e. The first-order valence-electron chi connectivity index (χ1n) is 8.90. The molecule has 0 bridgehead atoms. The molecule has 4 rings (SSSR count). The van der Waals surface area contributed by atoms with Gasteiger partial charge in [-0.1, -0.05) is 0 Å². The maximum absolute atomic E-state index is 11.2.